The molecule has 2 aliphatic heterocycles. The highest BCUT2D eigenvalue weighted by Crippen LogP contribution is 2.25. The molecule has 4 rings (SSSR count). The Labute approximate surface area is 153 Å². The van der Waals surface area contributed by atoms with Gasteiger partial charge in [0, 0.05) is 32.4 Å². The third-order valence-electron chi connectivity index (χ3n) is 5.25. The molecule has 6 nitrogen and oxygen atoms in total. The topological polar surface area (TPSA) is 73.1 Å². The van der Waals surface area contributed by atoms with Gasteiger partial charge in [0.1, 0.15) is 11.8 Å². The normalized spacial score (nSPS) is 19.6. The Morgan fingerprint density at radius 2 is 2.04 bits per heavy atom. The molecule has 1 amide bonds. The van der Waals surface area contributed by atoms with Gasteiger partial charge in [-0.25, -0.2) is 9.97 Å². The van der Waals surface area contributed by atoms with Crippen LogP contribution >= 0.6 is 0 Å². The van der Waals surface area contributed by atoms with Crippen LogP contribution in [0.1, 0.15) is 29.7 Å². The molecular weight excluding hydrogens is 326 g/mol. The van der Waals surface area contributed by atoms with Gasteiger partial charge in [-0.2, -0.15) is 5.26 Å². The molecule has 1 unspecified atom stereocenters. The summed E-state index contributed by atoms with van der Waals surface area (Å²) in [6.07, 6.45) is 4.35. The highest BCUT2D eigenvalue weighted by atomic mass is 16.2. The Hall–Kier alpha value is -2.94. The summed E-state index contributed by atoms with van der Waals surface area (Å²) in [4.78, 5) is 25.7. The average Bonchev–Trinajstić information content (AvgIpc) is 2.73. The number of carbonyl (C=O) groups excluding carboxylic acids is 1. The number of nitrogens with zero attached hydrogens (tertiary/aromatic N) is 5. The number of hydrogen-bond acceptors (Lipinski definition) is 5. The SMILES string of the molecule is N#Cc1ccnc(N2CCCC(C(=O)N3CCc4ccccc4C3)C2)n1. The van der Waals surface area contributed by atoms with Crippen molar-refractivity contribution in [3.8, 4) is 6.07 Å². The first kappa shape index (κ1) is 16.5. The van der Waals surface area contributed by atoms with Crippen LogP contribution in [0, 0.1) is 17.2 Å². The monoisotopic (exact) mass is 347 g/mol. The minimum Gasteiger partial charge on any atom is -0.340 e. The molecule has 0 N–H and O–H groups in total. The minimum absolute atomic E-state index is 0.0386. The summed E-state index contributed by atoms with van der Waals surface area (Å²) in [6, 6.07) is 12.0. The number of nitriles is 1. The predicted octanol–water partition coefficient (Wildman–Crippen LogP) is 2.15. The van der Waals surface area contributed by atoms with Crippen LogP contribution in [-0.4, -0.2) is 40.4 Å². The van der Waals surface area contributed by atoms with Crippen molar-refractivity contribution < 1.29 is 4.79 Å². The van der Waals surface area contributed by atoms with Gasteiger partial charge < -0.3 is 9.80 Å². The van der Waals surface area contributed by atoms with E-state index in [2.05, 4.69) is 28.2 Å². The Morgan fingerprint density at radius 1 is 1.19 bits per heavy atom. The molecule has 26 heavy (non-hydrogen) atoms. The third kappa shape index (κ3) is 3.25. The zero-order valence-corrected chi connectivity index (χ0v) is 14.6. The summed E-state index contributed by atoms with van der Waals surface area (Å²) in [5, 5.41) is 9.03. The summed E-state index contributed by atoms with van der Waals surface area (Å²) in [5.74, 6) is 0.731. The lowest BCUT2D eigenvalue weighted by molar-refractivity contribution is -0.136. The van der Waals surface area contributed by atoms with Crippen molar-refractivity contribution in [1.29, 1.82) is 5.26 Å². The van der Waals surface area contributed by atoms with E-state index in [0.717, 1.165) is 32.4 Å². The van der Waals surface area contributed by atoms with E-state index in [-0.39, 0.29) is 11.8 Å². The number of carbonyl (C=O) groups is 1. The number of amides is 1. The van der Waals surface area contributed by atoms with E-state index in [4.69, 9.17) is 5.26 Å². The lowest BCUT2D eigenvalue weighted by Gasteiger charge is -2.36. The predicted molar refractivity (Wildman–Crippen MR) is 97.2 cm³/mol. The third-order valence-corrected chi connectivity index (χ3v) is 5.25. The van der Waals surface area contributed by atoms with Crippen molar-refractivity contribution in [2.45, 2.75) is 25.8 Å². The van der Waals surface area contributed by atoms with Gasteiger partial charge in [-0.1, -0.05) is 24.3 Å². The first-order chi connectivity index (χ1) is 12.7. The number of anilines is 1. The first-order valence-corrected chi connectivity index (χ1v) is 9.08. The molecule has 1 aromatic carbocycles. The molecule has 1 atom stereocenters. The van der Waals surface area contributed by atoms with E-state index in [0.29, 0.717) is 24.7 Å². The standard InChI is InChI=1S/C20H21N5O/c21-12-18-7-9-22-20(23-18)25-10-3-6-17(14-25)19(26)24-11-8-15-4-1-2-5-16(15)13-24/h1-2,4-5,7,9,17H,3,6,8,10-11,13-14H2. The highest BCUT2D eigenvalue weighted by Gasteiger charge is 2.31. The van der Waals surface area contributed by atoms with E-state index in [1.54, 1.807) is 12.3 Å². The molecule has 2 aliphatic rings. The number of benzene rings is 1. The maximum atomic E-state index is 13.1. The van der Waals surface area contributed by atoms with Gasteiger partial charge in [0.25, 0.3) is 0 Å². The fraction of sp³-hybridized carbons (Fsp3) is 0.400. The molecule has 0 spiro atoms. The summed E-state index contributed by atoms with van der Waals surface area (Å²) in [5.41, 5.74) is 2.96. The molecule has 132 valence electrons. The molecule has 0 bridgehead atoms. The van der Waals surface area contributed by atoms with Crippen LogP contribution in [0.5, 0.6) is 0 Å². The molecule has 1 aromatic heterocycles. The van der Waals surface area contributed by atoms with Crippen LogP contribution in [0.15, 0.2) is 36.5 Å². The number of rotatable bonds is 2. The number of piperidine rings is 1. The zero-order chi connectivity index (χ0) is 17.9. The molecule has 1 saturated heterocycles. The summed E-state index contributed by atoms with van der Waals surface area (Å²) >= 11 is 0. The average molecular weight is 347 g/mol. The van der Waals surface area contributed by atoms with Crippen molar-refractivity contribution >= 4 is 11.9 Å². The van der Waals surface area contributed by atoms with Crippen molar-refractivity contribution in [3.63, 3.8) is 0 Å². The van der Waals surface area contributed by atoms with Gasteiger partial charge in [0.05, 0.1) is 5.92 Å². The quantitative estimate of drug-likeness (QED) is 0.832. The highest BCUT2D eigenvalue weighted by molar-refractivity contribution is 5.80. The second-order valence-corrected chi connectivity index (χ2v) is 6.92. The Bertz CT molecular complexity index is 859. The molecule has 2 aromatic rings. The van der Waals surface area contributed by atoms with Gasteiger partial charge in [-0.3, -0.25) is 4.79 Å². The Morgan fingerprint density at radius 3 is 2.88 bits per heavy atom. The van der Waals surface area contributed by atoms with Gasteiger partial charge >= 0.3 is 0 Å². The molecule has 0 saturated carbocycles. The number of fused-ring (bicyclic) bond motifs is 1. The van der Waals surface area contributed by atoms with E-state index in [1.807, 2.05) is 21.9 Å². The second kappa shape index (κ2) is 7.12. The van der Waals surface area contributed by atoms with Crippen LogP contribution in [0.2, 0.25) is 0 Å². The van der Waals surface area contributed by atoms with Gasteiger partial charge in [0.2, 0.25) is 11.9 Å². The summed E-state index contributed by atoms with van der Waals surface area (Å²) < 4.78 is 0. The van der Waals surface area contributed by atoms with E-state index in [9.17, 15) is 4.79 Å². The minimum atomic E-state index is -0.0386. The van der Waals surface area contributed by atoms with Crippen molar-refractivity contribution in [2.24, 2.45) is 5.92 Å². The summed E-state index contributed by atoms with van der Waals surface area (Å²) in [7, 11) is 0. The van der Waals surface area contributed by atoms with E-state index < -0.39 is 0 Å². The molecule has 3 heterocycles. The lowest BCUT2D eigenvalue weighted by Crippen LogP contribution is -2.46. The lowest BCUT2D eigenvalue weighted by atomic mass is 9.94. The maximum Gasteiger partial charge on any atom is 0.227 e. The smallest absolute Gasteiger partial charge is 0.227 e. The molecular formula is C20H21N5O. The zero-order valence-electron chi connectivity index (χ0n) is 14.6. The second-order valence-electron chi connectivity index (χ2n) is 6.92. The van der Waals surface area contributed by atoms with Crippen LogP contribution in [0.3, 0.4) is 0 Å². The number of aromatic nitrogens is 2. The van der Waals surface area contributed by atoms with Crippen LogP contribution < -0.4 is 4.90 Å². The Kier molecular flexibility index (Phi) is 4.53. The maximum absolute atomic E-state index is 13.1. The van der Waals surface area contributed by atoms with Crippen molar-refractivity contribution in [3.05, 3.63) is 53.3 Å². The molecule has 6 heteroatoms. The largest absolute Gasteiger partial charge is 0.340 e. The summed E-state index contributed by atoms with van der Waals surface area (Å²) in [6.45, 7) is 2.92. The van der Waals surface area contributed by atoms with Crippen LogP contribution in [0.4, 0.5) is 5.95 Å². The van der Waals surface area contributed by atoms with E-state index >= 15 is 0 Å². The fourth-order valence-corrected chi connectivity index (χ4v) is 3.87. The van der Waals surface area contributed by atoms with Gasteiger partial charge in [-0.05, 0) is 36.5 Å². The first-order valence-electron chi connectivity index (χ1n) is 9.08. The van der Waals surface area contributed by atoms with Crippen LogP contribution in [0.25, 0.3) is 0 Å². The van der Waals surface area contributed by atoms with E-state index in [1.165, 1.54) is 11.1 Å². The van der Waals surface area contributed by atoms with Gasteiger partial charge in [0.15, 0.2) is 0 Å². The molecule has 1 fully saturated rings. The van der Waals surface area contributed by atoms with Gasteiger partial charge in [-0.15, -0.1) is 0 Å². The molecule has 0 radical (unpaired) electrons. The molecule has 0 aliphatic carbocycles. The van der Waals surface area contributed by atoms with Crippen LogP contribution in [-0.2, 0) is 17.8 Å². The van der Waals surface area contributed by atoms with Crippen molar-refractivity contribution in [2.75, 3.05) is 24.5 Å². The number of hydrogen-bond donors (Lipinski definition) is 0. The fourth-order valence-electron chi connectivity index (χ4n) is 3.87. The Balaban J connectivity index is 1.46. The van der Waals surface area contributed by atoms with Crippen molar-refractivity contribution in [1.82, 2.24) is 14.9 Å².